The van der Waals surface area contributed by atoms with Gasteiger partial charge in [0.25, 0.3) is 5.91 Å². The van der Waals surface area contributed by atoms with E-state index in [2.05, 4.69) is 15.3 Å². The molecule has 0 spiro atoms. The molecule has 0 bridgehead atoms. The van der Waals surface area contributed by atoms with Crippen molar-refractivity contribution >= 4 is 39.8 Å². The maximum atomic E-state index is 13.2. The SMILES string of the molecule is COc1cc(-c2nc([C@@H]3CCCN3C(=O)OCc3ccccc3)n3ccnc(N)c23)ccc1C(=O)Nc1nccs1. The number of fused-ring (bicyclic) bond motifs is 1. The molecule has 2 amide bonds. The summed E-state index contributed by atoms with van der Waals surface area (Å²) in [5, 5.41) is 5.05. The number of benzene rings is 2. The summed E-state index contributed by atoms with van der Waals surface area (Å²) >= 11 is 1.33. The Morgan fingerprint density at radius 3 is 2.78 bits per heavy atom. The first-order chi connectivity index (χ1) is 20.0. The zero-order valence-corrected chi connectivity index (χ0v) is 23.0. The maximum absolute atomic E-state index is 13.2. The number of methoxy groups -OCH3 is 1. The van der Waals surface area contributed by atoms with E-state index in [0.717, 1.165) is 18.4 Å². The molecule has 0 aliphatic carbocycles. The topological polar surface area (TPSA) is 137 Å². The molecule has 3 aromatic heterocycles. The Labute approximate surface area is 239 Å². The van der Waals surface area contributed by atoms with Crippen molar-refractivity contribution in [2.75, 3.05) is 24.7 Å². The third kappa shape index (κ3) is 5.16. The number of rotatable bonds is 7. The number of ether oxygens (including phenoxy) is 2. The number of anilines is 2. The van der Waals surface area contributed by atoms with Gasteiger partial charge in [-0.25, -0.2) is 19.7 Å². The summed E-state index contributed by atoms with van der Waals surface area (Å²) in [7, 11) is 1.50. The van der Waals surface area contributed by atoms with Crippen LogP contribution in [0.1, 0.15) is 40.6 Å². The van der Waals surface area contributed by atoms with Crippen molar-refractivity contribution < 1.29 is 19.1 Å². The Balaban J connectivity index is 1.33. The molecule has 41 heavy (non-hydrogen) atoms. The zero-order chi connectivity index (χ0) is 28.3. The Bertz CT molecular complexity index is 1710. The molecule has 0 radical (unpaired) electrons. The number of hydrogen-bond donors (Lipinski definition) is 2. The van der Waals surface area contributed by atoms with Gasteiger partial charge in [-0.3, -0.25) is 19.4 Å². The molecule has 208 valence electrons. The third-order valence-electron chi connectivity index (χ3n) is 6.97. The van der Waals surface area contributed by atoms with Crippen LogP contribution in [0.5, 0.6) is 5.75 Å². The molecule has 2 aromatic carbocycles. The quantitative estimate of drug-likeness (QED) is 0.274. The molecule has 4 heterocycles. The lowest BCUT2D eigenvalue weighted by Crippen LogP contribution is -2.32. The number of hydrogen-bond acceptors (Lipinski definition) is 9. The van der Waals surface area contributed by atoms with Crippen LogP contribution in [-0.4, -0.2) is 49.9 Å². The number of carbonyl (C=O) groups is 2. The molecular formula is C29H27N7O4S. The van der Waals surface area contributed by atoms with Crippen LogP contribution in [0.25, 0.3) is 16.8 Å². The molecule has 1 fully saturated rings. The number of nitrogens with one attached hydrogen (secondary N) is 1. The predicted molar refractivity (Wildman–Crippen MR) is 155 cm³/mol. The van der Waals surface area contributed by atoms with Gasteiger partial charge in [0.1, 0.15) is 35.2 Å². The van der Waals surface area contributed by atoms with E-state index in [1.54, 1.807) is 47.1 Å². The minimum atomic E-state index is -0.394. The summed E-state index contributed by atoms with van der Waals surface area (Å²) < 4.78 is 13.1. The van der Waals surface area contributed by atoms with Gasteiger partial charge in [0.2, 0.25) is 0 Å². The van der Waals surface area contributed by atoms with Gasteiger partial charge in [-0.15, -0.1) is 11.3 Å². The van der Waals surface area contributed by atoms with Crippen LogP contribution < -0.4 is 15.8 Å². The first-order valence-corrected chi connectivity index (χ1v) is 13.9. The van der Waals surface area contributed by atoms with Gasteiger partial charge in [-0.2, -0.15) is 0 Å². The smallest absolute Gasteiger partial charge is 0.410 e. The summed E-state index contributed by atoms with van der Waals surface area (Å²) in [5.74, 6) is 0.981. The zero-order valence-electron chi connectivity index (χ0n) is 22.2. The second-order valence-corrected chi connectivity index (χ2v) is 10.3. The standard InChI is InChI=1S/C29H27N7O4S/c1-39-22-16-19(9-10-20(22)27(37)34-28-32-12-15-41-28)23-24-25(30)31-11-14-36(24)26(33-23)21-8-5-13-35(21)29(38)40-17-18-6-3-2-4-7-18/h2-4,6-7,9-12,14-16,21H,5,8,13,17H2,1H3,(H2,30,31)(H,32,34,37)/t21-/m0/s1. The average molecular weight is 570 g/mol. The minimum Gasteiger partial charge on any atom is -0.496 e. The molecule has 1 aliphatic heterocycles. The molecular weight excluding hydrogens is 542 g/mol. The van der Waals surface area contributed by atoms with Gasteiger partial charge >= 0.3 is 6.09 Å². The molecule has 1 saturated heterocycles. The average Bonchev–Trinajstić information content (AvgIpc) is 3.77. The van der Waals surface area contributed by atoms with E-state index in [1.165, 1.54) is 18.4 Å². The monoisotopic (exact) mass is 569 g/mol. The highest BCUT2D eigenvalue weighted by atomic mass is 32.1. The summed E-state index contributed by atoms with van der Waals surface area (Å²) in [5.41, 5.74) is 9.49. The van der Waals surface area contributed by atoms with E-state index in [9.17, 15) is 9.59 Å². The number of thiazole rings is 1. The van der Waals surface area contributed by atoms with Gasteiger partial charge in [-0.1, -0.05) is 36.4 Å². The number of carbonyl (C=O) groups excluding carboxylic acids is 2. The van der Waals surface area contributed by atoms with Crippen molar-refractivity contribution in [2.45, 2.75) is 25.5 Å². The Kier molecular flexibility index (Phi) is 7.21. The lowest BCUT2D eigenvalue weighted by molar-refractivity contribution is 0.0907. The van der Waals surface area contributed by atoms with Crippen molar-refractivity contribution in [3.05, 3.63) is 89.5 Å². The summed E-state index contributed by atoms with van der Waals surface area (Å²) in [6.07, 6.45) is 6.16. The van der Waals surface area contributed by atoms with Crippen molar-refractivity contribution in [1.29, 1.82) is 0 Å². The predicted octanol–water partition coefficient (Wildman–Crippen LogP) is 5.17. The number of amides is 2. The number of nitrogens with two attached hydrogens (primary N) is 1. The van der Waals surface area contributed by atoms with Gasteiger partial charge in [-0.05, 0) is 30.5 Å². The van der Waals surface area contributed by atoms with Crippen molar-refractivity contribution in [2.24, 2.45) is 0 Å². The van der Waals surface area contributed by atoms with Crippen LogP contribution in [-0.2, 0) is 11.3 Å². The Morgan fingerprint density at radius 2 is 2.00 bits per heavy atom. The molecule has 5 aromatic rings. The Hall–Kier alpha value is -4.97. The van der Waals surface area contributed by atoms with Gasteiger partial charge < -0.3 is 15.2 Å². The molecule has 0 unspecified atom stereocenters. The van der Waals surface area contributed by atoms with E-state index in [-0.39, 0.29) is 18.6 Å². The molecule has 3 N–H and O–H groups in total. The Morgan fingerprint density at radius 1 is 1.15 bits per heavy atom. The summed E-state index contributed by atoms with van der Waals surface area (Å²) in [6.45, 7) is 0.745. The van der Waals surface area contributed by atoms with E-state index < -0.39 is 6.09 Å². The second-order valence-electron chi connectivity index (χ2n) is 9.45. The van der Waals surface area contributed by atoms with E-state index in [0.29, 0.717) is 51.4 Å². The highest BCUT2D eigenvalue weighted by Gasteiger charge is 2.35. The number of likely N-dealkylation sites (tertiary alicyclic amines) is 1. The second kappa shape index (κ2) is 11.3. The third-order valence-corrected chi connectivity index (χ3v) is 7.66. The van der Waals surface area contributed by atoms with Crippen LogP contribution in [0, 0.1) is 0 Å². The lowest BCUT2D eigenvalue weighted by atomic mass is 10.1. The minimum absolute atomic E-state index is 0.190. The van der Waals surface area contributed by atoms with E-state index in [4.69, 9.17) is 20.2 Å². The molecule has 6 rings (SSSR count). The molecule has 1 aliphatic rings. The highest BCUT2D eigenvalue weighted by Crippen LogP contribution is 2.38. The lowest BCUT2D eigenvalue weighted by Gasteiger charge is -2.23. The normalized spacial score (nSPS) is 14.8. The van der Waals surface area contributed by atoms with Crippen LogP contribution >= 0.6 is 11.3 Å². The van der Waals surface area contributed by atoms with Crippen LogP contribution in [0.2, 0.25) is 0 Å². The summed E-state index contributed by atoms with van der Waals surface area (Å²) in [4.78, 5) is 41.2. The van der Waals surface area contributed by atoms with Crippen LogP contribution in [0.4, 0.5) is 15.7 Å². The fourth-order valence-corrected chi connectivity index (χ4v) is 5.58. The maximum Gasteiger partial charge on any atom is 0.410 e. The first kappa shape index (κ1) is 26.3. The van der Waals surface area contributed by atoms with Crippen LogP contribution in [0.15, 0.2) is 72.5 Å². The first-order valence-electron chi connectivity index (χ1n) is 13.0. The fourth-order valence-electron chi connectivity index (χ4n) is 5.06. The van der Waals surface area contributed by atoms with Crippen molar-refractivity contribution in [3.8, 4) is 17.0 Å². The molecule has 0 saturated carbocycles. The fraction of sp³-hybridized carbons (Fsp3) is 0.207. The van der Waals surface area contributed by atoms with E-state index >= 15 is 0 Å². The number of nitrogens with zero attached hydrogens (tertiary/aromatic N) is 5. The van der Waals surface area contributed by atoms with Crippen molar-refractivity contribution in [3.63, 3.8) is 0 Å². The van der Waals surface area contributed by atoms with E-state index in [1.807, 2.05) is 34.7 Å². The largest absolute Gasteiger partial charge is 0.496 e. The summed E-state index contributed by atoms with van der Waals surface area (Å²) in [6, 6.07) is 14.5. The number of imidazole rings is 1. The van der Waals surface area contributed by atoms with Crippen molar-refractivity contribution in [1.82, 2.24) is 24.3 Å². The van der Waals surface area contributed by atoms with Crippen LogP contribution in [0.3, 0.4) is 0 Å². The molecule has 1 atom stereocenters. The molecule has 12 heteroatoms. The molecule has 11 nitrogen and oxygen atoms in total. The van der Waals surface area contributed by atoms with Gasteiger partial charge in [0.15, 0.2) is 5.13 Å². The van der Waals surface area contributed by atoms with Gasteiger partial charge in [0, 0.05) is 36.1 Å². The van der Waals surface area contributed by atoms with Gasteiger partial charge in [0.05, 0.1) is 18.7 Å². The highest BCUT2D eigenvalue weighted by molar-refractivity contribution is 7.13. The number of nitrogen functional groups attached to an aromatic ring is 1. The number of aromatic nitrogens is 4.